The average molecular weight is 292 g/mol. The van der Waals surface area contributed by atoms with Crippen LogP contribution in [0.15, 0.2) is 24.5 Å². The summed E-state index contributed by atoms with van der Waals surface area (Å²) in [7, 11) is 0. The number of hydrogen-bond donors (Lipinski definition) is 2. The molecule has 2 N–H and O–H groups in total. The van der Waals surface area contributed by atoms with Crippen LogP contribution in [0.5, 0.6) is 0 Å². The number of morpholine rings is 1. The third kappa shape index (κ3) is 6.66. The molecule has 0 spiro atoms. The molecule has 6 heteroatoms. The van der Waals surface area contributed by atoms with E-state index in [0.29, 0.717) is 19.5 Å². The maximum atomic E-state index is 11.7. The van der Waals surface area contributed by atoms with Crippen molar-refractivity contribution in [2.24, 2.45) is 0 Å². The number of nitrogens with one attached hydrogen (secondary N) is 2. The van der Waals surface area contributed by atoms with Crippen LogP contribution in [0.25, 0.3) is 0 Å². The normalized spacial score (nSPS) is 15.8. The van der Waals surface area contributed by atoms with Crippen LogP contribution in [0, 0.1) is 0 Å². The molecule has 0 radical (unpaired) electrons. The van der Waals surface area contributed by atoms with Crippen molar-refractivity contribution in [1.82, 2.24) is 20.5 Å². The van der Waals surface area contributed by atoms with Crippen molar-refractivity contribution in [2.45, 2.75) is 13.0 Å². The lowest BCUT2D eigenvalue weighted by Gasteiger charge is -2.26. The summed E-state index contributed by atoms with van der Waals surface area (Å²) in [4.78, 5) is 18.0. The number of carbonyl (C=O) groups is 1. The van der Waals surface area contributed by atoms with E-state index in [-0.39, 0.29) is 5.91 Å². The van der Waals surface area contributed by atoms with Gasteiger partial charge in [-0.15, -0.1) is 0 Å². The molecule has 1 saturated heterocycles. The summed E-state index contributed by atoms with van der Waals surface area (Å²) < 4.78 is 5.29. The quantitative estimate of drug-likeness (QED) is 0.661. The van der Waals surface area contributed by atoms with Gasteiger partial charge in [-0.25, -0.2) is 0 Å². The van der Waals surface area contributed by atoms with Gasteiger partial charge in [-0.2, -0.15) is 0 Å². The van der Waals surface area contributed by atoms with Gasteiger partial charge in [0.15, 0.2) is 0 Å². The number of amides is 1. The lowest BCUT2D eigenvalue weighted by Crippen LogP contribution is -2.41. The largest absolute Gasteiger partial charge is 0.379 e. The fourth-order valence-electron chi connectivity index (χ4n) is 2.20. The number of nitrogens with zero attached hydrogens (tertiary/aromatic N) is 2. The monoisotopic (exact) mass is 292 g/mol. The van der Waals surface area contributed by atoms with Crippen LogP contribution in [0.4, 0.5) is 0 Å². The SMILES string of the molecule is O=C(CCNCc1cccnc1)NCCN1CCOCC1. The molecule has 0 saturated carbocycles. The molecule has 2 rings (SSSR count). The Morgan fingerprint density at radius 3 is 2.95 bits per heavy atom. The Morgan fingerprint density at radius 2 is 2.19 bits per heavy atom. The number of rotatable bonds is 8. The van der Waals surface area contributed by atoms with Gasteiger partial charge in [0.05, 0.1) is 13.2 Å². The first-order chi connectivity index (χ1) is 10.3. The maximum Gasteiger partial charge on any atom is 0.221 e. The highest BCUT2D eigenvalue weighted by molar-refractivity contribution is 5.76. The van der Waals surface area contributed by atoms with Crippen LogP contribution in [0.1, 0.15) is 12.0 Å². The molecule has 1 amide bonds. The third-order valence-corrected chi connectivity index (χ3v) is 3.43. The Bertz CT molecular complexity index is 407. The zero-order valence-corrected chi connectivity index (χ0v) is 12.4. The summed E-state index contributed by atoms with van der Waals surface area (Å²) in [6.45, 7) is 6.55. The zero-order valence-electron chi connectivity index (χ0n) is 12.4. The lowest BCUT2D eigenvalue weighted by molar-refractivity contribution is -0.121. The van der Waals surface area contributed by atoms with Crippen LogP contribution >= 0.6 is 0 Å². The molecule has 0 aliphatic carbocycles. The van der Waals surface area contributed by atoms with Crippen LogP contribution in [-0.2, 0) is 16.1 Å². The molecule has 0 bridgehead atoms. The third-order valence-electron chi connectivity index (χ3n) is 3.43. The Hall–Kier alpha value is -1.50. The first-order valence-corrected chi connectivity index (χ1v) is 7.51. The Kier molecular flexibility index (Phi) is 7.14. The van der Waals surface area contributed by atoms with Crippen molar-refractivity contribution >= 4 is 5.91 Å². The molecule has 6 nitrogen and oxygen atoms in total. The molecule has 0 unspecified atom stereocenters. The number of hydrogen-bond acceptors (Lipinski definition) is 5. The molecule has 1 aliphatic heterocycles. The zero-order chi connectivity index (χ0) is 14.8. The van der Waals surface area contributed by atoms with E-state index in [1.54, 1.807) is 6.20 Å². The molecule has 116 valence electrons. The van der Waals surface area contributed by atoms with Crippen LogP contribution < -0.4 is 10.6 Å². The van der Waals surface area contributed by atoms with Crippen molar-refractivity contribution < 1.29 is 9.53 Å². The van der Waals surface area contributed by atoms with Gasteiger partial charge in [-0.3, -0.25) is 14.7 Å². The van der Waals surface area contributed by atoms with Crippen LogP contribution in [-0.4, -0.2) is 61.7 Å². The smallest absolute Gasteiger partial charge is 0.221 e. The van der Waals surface area contributed by atoms with Gasteiger partial charge < -0.3 is 15.4 Å². The van der Waals surface area contributed by atoms with Crippen molar-refractivity contribution in [2.75, 3.05) is 45.9 Å². The van der Waals surface area contributed by atoms with Crippen LogP contribution in [0.3, 0.4) is 0 Å². The Balaban J connectivity index is 1.47. The number of ether oxygens (including phenoxy) is 1. The predicted octanol–water partition coefficient (Wildman–Crippen LogP) is 0.00970. The average Bonchev–Trinajstić information content (AvgIpc) is 2.54. The first kappa shape index (κ1) is 15.9. The Morgan fingerprint density at radius 1 is 1.33 bits per heavy atom. The summed E-state index contributed by atoms with van der Waals surface area (Å²) >= 11 is 0. The summed E-state index contributed by atoms with van der Waals surface area (Å²) in [6, 6.07) is 3.93. The van der Waals surface area contributed by atoms with E-state index in [4.69, 9.17) is 4.74 Å². The minimum atomic E-state index is 0.0990. The van der Waals surface area contributed by atoms with Gasteiger partial charge in [0.1, 0.15) is 0 Å². The summed E-state index contributed by atoms with van der Waals surface area (Å²) in [5.74, 6) is 0.0990. The molecule has 1 aromatic rings. The molecule has 0 aromatic carbocycles. The first-order valence-electron chi connectivity index (χ1n) is 7.51. The van der Waals surface area contributed by atoms with E-state index in [2.05, 4.69) is 20.5 Å². The fraction of sp³-hybridized carbons (Fsp3) is 0.600. The second-order valence-electron chi connectivity index (χ2n) is 5.09. The van der Waals surface area contributed by atoms with E-state index in [1.807, 2.05) is 18.3 Å². The van der Waals surface area contributed by atoms with Gasteiger partial charge in [0, 0.05) is 58.1 Å². The molecule has 2 heterocycles. The number of aromatic nitrogens is 1. The van der Waals surface area contributed by atoms with Gasteiger partial charge in [-0.1, -0.05) is 6.07 Å². The molecule has 0 atom stereocenters. The van der Waals surface area contributed by atoms with Crippen molar-refractivity contribution in [1.29, 1.82) is 0 Å². The molecule has 1 aliphatic rings. The van der Waals surface area contributed by atoms with E-state index >= 15 is 0 Å². The number of pyridine rings is 1. The fourth-order valence-corrected chi connectivity index (χ4v) is 2.20. The molecular formula is C15H24N4O2. The number of carbonyl (C=O) groups excluding carboxylic acids is 1. The molecule has 1 fully saturated rings. The highest BCUT2D eigenvalue weighted by Crippen LogP contribution is 1.95. The highest BCUT2D eigenvalue weighted by atomic mass is 16.5. The van der Waals surface area contributed by atoms with E-state index < -0.39 is 0 Å². The van der Waals surface area contributed by atoms with E-state index in [9.17, 15) is 4.79 Å². The van der Waals surface area contributed by atoms with E-state index in [0.717, 1.165) is 45.0 Å². The van der Waals surface area contributed by atoms with E-state index in [1.165, 1.54) is 0 Å². The minimum absolute atomic E-state index is 0.0990. The van der Waals surface area contributed by atoms with Gasteiger partial charge in [-0.05, 0) is 11.6 Å². The predicted molar refractivity (Wildman–Crippen MR) is 80.8 cm³/mol. The molecular weight excluding hydrogens is 268 g/mol. The molecule has 1 aromatic heterocycles. The summed E-state index contributed by atoms with van der Waals surface area (Å²) in [5.41, 5.74) is 1.13. The minimum Gasteiger partial charge on any atom is -0.379 e. The van der Waals surface area contributed by atoms with Gasteiger partial charge >= 0.3 is 0 Å². The standard InChI is InChI=1S/C15H24N4O2/c20-15(18-6-7-19-8-10-21-11-9-19)3-5-17-13-14-2-1-4-16-12-14/h1-2,4,12,17H,3,5-11,13H2,(H,18,20). The molecule has 21 heavy (non-hydrogen) atoms. The second kappa shape index (κ2) is 9.44. The highest BCUT2D eigenvalue weighted by Gasteiger charge is 2.09. The Labute approximate surface area is 125 Å². The topological polar surface area (TPSA) is 66.5 Å². The van der Waals surface area contributed by atoms with Crippen LogP contribution in [0.2, 0.25) is 0 Å². The van der Waals surface area contributed by atoms with Gasteiger partial charge in [0.2, 0.25) is 5.91 Å². The van der Waals surface area contributed by atoms with Crippen molar-refractivity contribution in [3.63, 3.8) is 0 Å². The summed E-state index contributed by atoms with van der Waals surface area (Å²) in [5, 5.41) is 6.20. The maximum absolute atomic E-state index is 11.7. The van der Waals surface area contributed by atoms with Gasteiger partial charge in [0.25, 0.3) is 0 Å². The van der Waals surface area contributed by atoms with Crippen molar-refractivity contribution in [3.05, 3.63) is 30.1 Å². The second-order valence-corrected chi connectivity index (χ2v) is 5.09. The summed E-state index contributed by atoms with van der Waals surface area (Å²) in [6.07, 6.45) is 4.09. The lowest BCUT2D eigenvalue weighted by atomic mass is 10.3. The van der Waals surface area contributed by atoms with Crippen molar-refractivity contribution in [3.8, 4) is 0 Å².